The minimum Gasteiger partial charge on any atom is -0.493 e. The highest BCUT2D eigenvalue weighted by molar-refractivity contribution is 9.10. The third-order valence-corrected chi connectivity index (χ3v) is 3.73. The summed E-state index contributed by atoms with van der Waals surface area (Å²) in [6.07, 6.45) is 0. The van der Waals surface area contributed by atoms with Crippen LogP contribution in [0.5, 0.6) is 11.5 Å². The van der Waals surface area contributed by atoms with E-state index in [1.807, 2.05) is 55.5 Å². The zero-order valence-electron chi connectivity index (χ0n) is 13.0. The maximum atomic E-state index is 5.78. The molecule has 0 unspecified atom stereocenters. The van der Waals surface area contributed by atoms with E-state index in [-0.39, 0.29) is 6.04 Å². The number of rotatable bonds is 6. The maximum Gasteiger partial charge on any atom is 0.171 e. The van der Waals surface area contributed by atoms with E-state index in [1.165, 1.54) is 0 Å². The van der Waals surface area contributed by atoms with Gasteiger partial charge in [-0.3, -0.25) is 0 Å². The van der Waals surface area contributed by atoms with Gasteiger partial charge in [0.2, 0.25) is 0 Å². The van der Waals surface area contributed by atoms with Crippen molar-refractivity contribution in [3.05, 3.63) is 53.0 Å². The van der Waals surface area contributed by atoms with Gasteiger partial charge >= 0.3 is 0 Å². The molecule has 0 bridgehead atoms. The molecule has 0 saturated carbocycles. The second-order valence-electron chi connectivity index (χ2n) is 4.97. The van der Waals surface area contributed by atoms with E-state index in [0.717, 1.165) is 21.7 Å². The molecule has 2 rings (SSSR count). The molecule has 2 aromatic carbocycles. The van der Waals surface area contributed by atoms with Gasteiger partial charge in [0.05, 0.1) is 13.2 Å². The quantitative estimate of drug-likeness (QED) is 0.718. The average molecular weight is 395 g/mol. The first-order valence-corrected chi connectivity index (χ1v) is 8.37. The van der Waals surface area contributed by atoms with Crippen molar-refractivity contribution in [1.82, 2.24) is 5.32 Å². The Labute approximate surface area is 150 Å². The van der Waals surface area contributed by atoms with E-state index in [1.54, 1.807) is 7.11 Å². The normalized spacial score (nSPS) is 11.4. The lowest BCUT2D eigenvalue weighted by Crippen LogP contribution is -2.39. The lowest BCUT2D eigenvalue weighted by atomic mass is 10.3. The predicted molar refractivity (Wildman–Crippen MR) is 101 cm³/mol. The highest BCUT2D eigenvalue weighted by atomic mass is 79.9. The number of anilines is 1. The van der Waals surface area contributed by atoms with Crippen LogP contribution in [0.25, 0.3) is 0 Å². The standard InChI is InChI=1S/C17H19BrN2O2S/c1-12(11-22-16-9-4-3-8-15(16)21-2)19-17(23)20-14-7-5-6-13(18)10-14/h3-10,12H,11H2,1-2H3,(H2,19,20,23)/t12-/m0/s1. The molecule has 6 heteroatoms. The Morgan fingerprint density at radius 2 is 1.91 bits per heavy atom. The Bertz CT molecular complexity index is 667. The summed E-state index contributed by atoms with van der Waals surface area (Å²) in [6, 6.07) is 15.4. The minimum absolute atomic E-state index is 0.0482. The lowest BCUT2D eigenvalue weighted by Gasteiger charge is -2.18. The summed E-state index contributed by atoms with van der Waals surface area (Å²) >= 11 is 8.75. The number of hydrogen-bond acceptors (Lipinski definition) is 3. The third kappa shape index (κ3) is 5.73. The second kappa shape index (κ2) is 8.74. The van der Waals surface area contributed by atoms with Gasteiger partial charge in [0.15, 0.2) is 16.6 Å². The summed E-state index contributed by atoms with van der Waals surface area (Å²) in [7, 11) is 1.63. The summed E-state index contributed by atoms with van der Waals surface area (Å²) in [5.41, 5.74) is 0.926. The molecular weight excluding hydrogens is 376 g/mol. The van der Waals surface area contributed by atoms with Gasteiger partial charge in [0.1, 0.15) is 6.61 Å². The van der Waals surface area contributed by atoms with Crippen LogP contribution in [-0.4, -0.2) is 24.9 Å². The summed E-state index contributed by atoms with van der Waals surface area (Å²) < 4.78 is 12.0. The van der Waals surface area contributed by atoms with Gasteiger partial charge in [-0.25, -0.2) is 0 Å². The third-order valence-electron chi connectivity index (χ3n) is 3.02. The van der Waals surface area contributed by atoms with Crippen molar-refractivity contribution in [2.45, 2.75) is 13.0 Å². The summed E-state index contributed by atoms with van der Waals surface area (Å²) in [4.78, 5) is 0. The maximum absolute atomic E-state index is 5.78. The fourth-order valence-corrected chi connectivity index (χ4v) is 2.67. The van der Waals surface area contributed by atoms with Crippen molar-refractivity contribution in [2.75, 3.05) is 19.0 Å². The molecular formula is C17H19BrN2O2S. The number of ether oxygens (including phenoxy) is 2. The van der Waals surface area contributed by atoms with Crippen LogP contribution in [0, 0.1) is 0 Å². The van der Waals surface area contributed by atoms with Gasteiger partial charge in [-0.05, 0) is 49.5 Å². The molecule has 0 aromatic heterocycles. The molecule has 0 amide bonds. The fraction of sp³-hybridized carbons (Fsp3) is 0.235. The van der Waals surface area contributed by atoms with Crippen LogP contribution in [0.2, 0.25) is 0 Å². The highest BCUT2D eigenvalue weighted by Crippen LogP contribution is 2.25. The summed E-state index contributed by atoms with van der Waals surface area (Å²) in [5.74, 6) is 1.43. The Kier molecular flexibility index (Phi) is 6.67. The molecule has 0 aliphatic carbocycles. The van der Waals surface area contributed by atoms with Gasteiger partial charge < -0.3 is 20.1 Å². The van der Waals surface area contributed by atoms with Crippen LogP contribution in [-0.2, 0) is 0 Å². The van der Waals surface area contributed by atoms with E-state index in [4.69, 9.17) is 21.7 Å². The summed E-state index contributed by atoms with van der Waals surface area (Å²) in [5, 5.41) is 6.89. The first-order chi connectivity index (χ1) is 11.1. The van der Waals surface area contributed by atoms with Crippen molar-refractivity contribution in [3.8, 4) is 11.5 Å². The van der Waals surface area contributed by atoms with Gasteiger partial charge in [-0.2, -0.15) is 0 Å². The topological polar surface area (TPSA) is 42.5 Å². The van der Waals surface area contributed by atoms with Crippen LogP contribution in [0.15, 0.2) is 53.0 Å². The van der Waals surface area contributed by atoms with Gasteiger partial charge in [0.25, 0.3) is 0 Å². The van der Waals surface area contributed by atoms with Crippen molar-refractivity contribution in [1.29, 1.82) is 0 Å². The smallest absolute Gasteiger partial charge is 0.171 e. The van der Waals surface area contributed by atoms with E-state index < -0.39 is 0 Å². The van der Waals surface area contributed by atoms with Gasteiger partial charge in [-0.15, -0.1) is 0 Å². The van der Waals surface area contributed by atoms with Gasteiger partial charge in [0, 0.05) is 10.2 Å². The second-order valence-corrected chi connectivity index (χ2v) is 6.30. The van der Waals surface area contributed by atoms with Crippen LogP contribution in [0.4, 0.5) is 5.69 Å². The zero-order valence-corrected chi connectivity index (χ0v) is 15.4. The first-order valence-electron chi connectivity index (χ1n) is 7.17. The molecule has 2 aromatic rings. The number of para-hydroxylation sites is 2. The first kappa shape index (κ1) is 17.6. The van der Waals surface area contributed by atoms with E-state index in [2.05, 4.69) is 26.6 Å². The van der Waals surface area contributed by atoms with E-state index >= 15 is 0 Å². The number of methoxy groups -OCH3 is 1. The largest absolute Gasteiger partial charge is 0.493 e. The number of benzene rings is 2. The molecule has 2 N–H and O–H groups in total. The van der Waals surface area contributed by atoms with E-state index in [0.29, 0.717) is 11.7 Å². The number of thiocarbonyl (C=S) groups is 1. The molecule has 0 aliphatic rings. The molecule has 0 spiro atoms. The Hall–Kier alpha value is -1.79. The molecule has 0 saturated heterocycles. The molecule has 0 fully saturated rings. The SMILES string of the molecule is COc1ccccc1OC[C@H](C)NC(=S)Nc1cccc(Br)c1. The zero-order chi connectivity index (χ0) is 16.7. The molecule has 0 heterocycles. The number of nitrogens with one attached hydrogen (secondary N) is 2. The van der Waals surface area contributed by atoms with E-state index in [9.17, 15) is 0 Å². The van der Waals surface area contributed by atoms with Crippen LogP contribution in [0.1, 0.15) is 6.92 Å². The van der Waals surface area contributed by atoms with Crippen LogP contribution in [0.3, 0.4) is 0 Å². The summed E-state index contributed by atoms with van der Waals surface area (Å²) in [6.45, 7) is 2.48. The average Bonchev–Trinajstić information content (AvgIpc) is 2.53. The van der Waals surface area contributed by atoms with Crippen molar-refractivity contribution >= 4 is 38.9 Å². The Morgan fingerprint density at radius 1 is 1.17 bits per heavy atom. The minimum atomic E-state index is 0.0482. The van der Waals surface area contributed by atoms with Crippen molar-refractivity contribution in [3.63, 3.8) is 0 Å². The molecule has 122 valence electrons. The van der Waals surface area contributed by atoms with Crippen LogP contribution < -0.4 is 20.1 Å². The Morgan fingerprint density at radius 3 is 2.61 bits per heavy atom. The van der Waals surface area contributed by atoms with Gasteiger partial charge in [-0.1, -0.05) is 34.1 Å². The lowest BCUT2D eigenvalue weighted by molar-refractivity contribution is 0.270. The molecule has 4 nitrogen and oxygen atoms in total. The molecule has 0 radical (unpaired) electrons. The fourth-order valence-electron chi connectivity index (χ4n) is 1.95. The molecule has 1 atom stereocenters. The predicted octanol–water partition coefficient (Wildman–Crippen LogP) is 4.21. The van der Waals surface area contributed by atoms with Crippen molar-refractivity contribution < 1.29 is 9.47 Å². The monoisotopic (exact) mass is 394 g/mol. The van der Waals surface area contributed by atoms with Crippen LogP contribution >= 0.6 is 28.1 Å². The molecule has 23 heavy (non-hydrogen) atoms. The number of hydrogen-bond donors (Lipinski definition) is 2. The highest BCUT2D eigenvalue weighted by Gasteiger charge is 2.08. The Balaban J connectivity index is 1.82. The van der Waals surface area contributed by atoms with Crippen molar-refractivity contribution in [2.24, 2.45) is 0 Å². The molecule has 0 aliphatic heterocycles. The number of halogens is 1.